The lowest BCUT2D eigenvalue weighted by Gasteiger charge is -2.19. The van der Waals surface area contributed by atoms with Crippen LogP contribution in [0.3, 0.4) is 0 Å². The molecule has 0 aromatic carbocycles. The van der Waals surface area contributed by atoms with Gasteiger partial charge in [0, 0.05) is 32.7 Å². The van der Waals surface area contributed by atoms with Gasteiger partial charge in [-0.1, -0.05) is 0 Å². The van der Waals surface area contributed by atoms with Crippen molar-refractivity contribution in [3.63, 3.8) is 0 Å². The van der Waals surface area contributed by atoms with Crippen molar-refractivity contribution in [1.82, 2.24) is 30.3 Å². The number of nitrogens with zero attached hydrogens (tertiary/aromatic N) is 5. The molecule has 1 aliphatic heterocycles. The van der Waals surface area contributed by atoms with Crippen molar-refractivity contribution in [3.05, 3.63) is 12.2 Å². The fraction of sp³-hybridized carbons (Fsp3) is 0.769. The molecule has 0 saturated carbocycles. The molecule has 1 aromatic heterocycles. The molecule has 0 radical (unpaired) electrons. The van der Waals surface area contributed by atoms with Gasteiger partial charge in [0.05, 0.1) is 6.54 Å². The Morgan fingerprint density at radius 3 is 2.79 bits per heavy atom. The number of aryl methyl sites for hydroxylation is 1. The molecule has 0 amide bonds. The Hall–Kier alpha value is -1.11. The smallest absolute Gasteiger partial charge is 0.357 e. The lowest BCUT2D eigenvalue weighted by atomic mass is 10.3. The molecule has 138 valence electrons. The first-order chi connectivity index (χ1) is 10.9. The van der Waals surface area contributed by atoms with E-state index < -0.39 is 12.7 Å². The summed E-state index contributed by atoms with van der Waals surface area (Å²) in [5.74, 6) is 1.29. The summed E-state index contributed by atoms with van der Waals surface area (Å²) < 4.78 is 39.0. The Kier molecular flexibility index (Phi) is 8.19. The molecule has 7 nitrogen and oxygen atoms in total. The van der Waals surface area contributed by atoms with Gasteiger partial charge in [0.15, 0.2) is 11.8 Å². The number of likely N-dealkylation sites (tertiary alicyclic amines) is 1. The van der Waals surface area contributed by atoms with Crippen LogP contribution in [0.5, 0.6) is 0 Å². The number of aromatic nitrogens is 3. The Morgan fingerprint density at radius 1 is 1.46 bits per heavy atom. The van der Waals surface area contributed by atoms with Crippen molar-refractivity contribution < 1.29 is 13.2 Å². The second kappa shape index (κ2) is 9.39. The van der Waals surface area contributed by atoms with Gasteiger partial charge in [-0.15, -0.1) is 34.2 Å². The Balaban J connectivity index is 0.00000288. The molecule has 2 N–H and O–H groups in total. The lowest BCUT2D eigenvalue weighted by molar-refractivity contribution is -0.143. The fourth-order valence-corrected chi connectivity index (χ4v) is 2.46. The van der Waals surface area contributed by atoms with E-state index in [1.54, 1.807) is 10.9 Å². The number of hydrogen-bond donors (Lipinski definition) is 2. The predicted octanol–water partition coefficient (Wildman–Crippen LogP) is 1.12. The number of nitrogens with one attached hydrogen (secondary N) is 2. The number of alkyl halides is 3. The van der Waals surface area contributed by atoms with Crippen LogP contribution in [0.4, 0.5) is 13.2 Å². The molecular weight excluding hydrogens is 438 g/mol. The van der Waals surface area contributed by atoms with Crippen LogP contribution in [0.25, 0.3) is 0 Å². The molecular formula is C13H23F3IN7. The van der Waals surface area contributed by atoms with E-state index >= 15 is 0 Å². The Morgan fingerprint density at radius 2 is 2.21 bits per heavy atom. The second-order valence-electron chi connectivity index (χ2n) is 5.53. The molecule has 1 aliphatic rings. The summed E-state index contributed by atoms with van der Waals surface area (Å²) in [6, 6.07) is -0.0466. The average molecular weight is 461 g/mol. The molecule has 2 heterocycles. The van der Waals surface area contributed by atoms with Gasteiger partial charge in [-0.3, -0.25) is 4.90 Å². The summed E-state index contributed by atoms with van der Waals surface area (Å²) in [4.78, 5) is 5.82. The van der Waals surface area contributed by atoms with Gasteiger partial charge < -0.3 is 15.2 Å². The molecule has 1 fully saturated rings. The highest BCUT2D eigenvalue weighted by molar-refractivity contribution is 14.0. The van der Waals surface area contributed by atoms with Gasteiger partial charge in [0.25, 0.3) is 0 Å². The largest absolute Gasteiger partial charge is 0.401 e. The summed E-state index contributed by atoms with van der Waals surface area (Å²) in [5, 5.41) is 14.0. The fourth-order valence-electron chi connectivity index (χ4n) is 2.46. The molecule has 24 heavy (non-hydrogen) atoms. The van der Waals surface area contributed by atoms with Crippen LogP contribution in [0, 0.1) is 0 Å². The highest BCUT2D eigenvalue weighted by Gasteiger charge is 2.34. The maximum atomic E-state index is 12.4. The molecule has 1 atom stereocenters. The van der Waals surface area contributed by atoms with E-state index in [1.165, 1.54) is 4.90 Å². The summed E-state index contributed by atoms with van der Waals surface area (Å²) in [7, 11) is 1.83. The van der Waals surface area contributed by atoms with Gasteiger partial charge in [0.1, 0.15) is 12.9 Å². The number of aliphatic imine (C=N–C) groups is 1. The van der Waals surface area contributed by atoms with Gasteiger partial charge in [-0.2, -0.15) is 13.2 Å². The molecule has 0 aliphatic carbocycles. The minimum Gasteiger partial charge on any atom is -0.357 e. The Bertz CT molecular complexity index is 532. The van der Waals surface area contributed by atoms with Crippen LogP contribution in [-0.2, 0) is 13.6 Å². The normalized spacial score (nSPS) is 19.2. The Labute approximate surface area is 156 Å². The molecule has 0 bridgehead atoms. The minimum atomic E-state index is -4.15. The molecule has 0 spiro atoms. The van der Waals surface area contributed by atoms with Crippen LogP contribution >= 0.6 is 24.0 Å². The van der Waals surface area contributed by atoms with E-state index in [0.717, 1.165) is 0 Å². The number of halogens is 4. The zero-order valence-corrected chi connectivity index (χ0v) is 16.0. The van der Waals surface area contributed by atoms with E-state index in [9.17, 15) is 13.2 Å². The first-order valence-electron chi connectivity index (χ1n) is 7.54. The van der Waals surface area contributed by atoms with Gasteiger partial charge in [-0.05, 0) is 13.3 Å². The highest BCUT2D eigenvalue weighted by Crippen LogP contribution is 2.19. The first-order valence-corrected chi connectivity index (χ1v) is 7.54. The van der Waals surface area contributed by atoms with E-state index in [1.807, 2.05) is 14.0 Å². The van der Waals surface area contributed by atoms with E-state index in [4.69, 9.17) is 0 Å². The number of hydrogen-bond acceptors (Lipinski definition) is 4. The van der Waals surface area contributed by atoms with Crippen LogP contribution in [0.1, 0.15) is 19.2 Å². The SMILES string of the molecule is CCNC(=NCc1nncn1C)NC1CCN(CC(F)(F)F)C1.I. The topological polar surface area (TPSA) is 70.4 Å². The van der Waals surface area contributed by atoms with Crippen LogP contribution in [0.2, 0.25) is 0 Å². The quantitative estimate of drug-likeness (QED) is 0.391. The number of rotatable bonds is 5. The highest BCUT2D eigenvalue weighted by atomic mass is 127. The lowest BCUT2D eigenvalue weighted by Crippen LogP contribution is -2.45. The monoisotopic (exact) mass is 461 g/mol. The van der Waals surface area contributed by atoms with Crippen LogP contribution in [0.15, 0.2) is 11.3 Å². The van der Waals surface area contributed by atoms with Crippen molar-refractivity contribution >= 4 is 29.9 Å². The van der Waals surface area contributed by atoms with Crippen LogP contribution < -0.4 is 10.6 Å². The summed E-state index contributed by atoms with van der Waals surface area (Å²) in [5.41, 5.74) is 0. The van der Waals surface area contributed by atoms with Gasteiger partial charge in [-0.25, -0.2) is 4.99 Å². The summed E-state index contributed by atoms with van der Waals surface area (Å²) in [6.07, 6.45) is -1.90. The van der Waals surface area contributed by atoms with Gasteiger partial charge >= 0.3 is 6.18 Å². The minimum absolute atomic E-state index is 0. The van der Waals surface area contributed by atoms with Crippen molar-refractivity contribution in [1.29, 1.82) is 0 Å². The van der Waals surface area contributed by atoms with Crippen molar-refractivity contribution in [2.24, 2.45) is 12.0 Å². The maximum Gasteiger partial charge on any atom is 0.401 e. The van der Waals surface area contributed by atoms with E-state index in [-0.39, 0.29) is 30.0 Å². The van der Waals surface area contributed by atoms with Gasteiger partial charge in [0.2, 0.25) is 0 Å². The third kappa shape index (κ3) is 6.79. The van der Waals surface area contributed by atoms with Crippen molar-refractivity contribution in [2.45, 2.75) is 32.1 Å². The van der Waals surface area contributed by atoms with E-state index in [2.05, 4.69) is 25.8 Å². The maximum absolute atomic E-state index is 12.4. The third-order valence-corrected chi connectivity index (χ3v) is 3.54. The third-order valence-electron chi connectivity index (χ3n) is 3.54. The van der Waals surface area contributed by atoms with Crippen molar-refractivity contribution in [3.8, 4) is 0 Å². The zero-order valence-electron chi connectivity index (χ0n) is 13.7. The average Bonchev–Trinajstić information content (AvgIpc) is 3.04. The van der Waals surface area contributed by atoms with Crippen LogP contribution in [-0.4, -0.2) is 64.0 Å². The molecule has 2 rings (SSSR count). The second-order valence-corrected chi connectivity index (χ2v) is 5.53. The predicted molar refractivity (Wildman–Crippen MR) is 95.3 cm³/mol. The zero-order chi connectivity index (χ0) is 16.9. The summed E-state index contributed by atoms with van der Waals surface area (Å²) >= 11 is 0. The van der Waals surface area contributed by atoms with Crippen molar-refractivity contribution in [2.75, 3.05) is 26.2 Å². The van der Waals surface area contributed by atoms with E-state index in [0.29, 0.717) is 44.4 Å². The molecule has 1 saturated heterocycles. The molecule has 1 aromatic rings. The summed E-state index contributed by atoms with van der Waals surface area (Å²) in [6.45, 7) is 2.88. The first kappa shape index (κ1) is 20.9. The number of guanidine groups is 1. The molecule has 11 heteroatoms. The standard InChI is InChI=1S/C13H22F3N7.HI/c1-3-17-12(18-6-11-21-19-9-22(11)2)20-10-4-5-23(7-10)8-13(14,15)16;/h9-10H,3-8H2,1-2H3,(H2,17,18,20);1H. The molecule has 1 unspecified atom stereocenters.